The van der Waals surface area contributed by atoms with Gasteiger partial charge in [0.05, 0.1) is 19.3 Å². The Morgan fingerprint density at radius 2 is 1.76 bits per heavy atom. The summed E-state index contributed by atoms with van der Waals surface area (Å²) >= 11 is 0. The van der Waals surface area contributed by atoms with Gasteiger partial charge in [0.1, 0.15) is 12.7 Å². The SMILES string of the molecule is COC(=O)CC[C@@H](C)[C@H]1CC[C@H]2[C@@H]3CC[C@H]4C[C@@H](OC(=O)OC[C@H](C)NC(=O)Nc5ccccc5)CC[C@]4(C)[C@H]3C[C@@H](O)[C@]12C. The number of rotatable bonds is 9. The summed E-state index contributed by atoms with van der Waals surface area (Å²) in [6, 6.07) is 8.43. The molecular formula is C36H54N2O7. The standard InChI is InChI=1S/C36H54N2O7/c1-22(11-16-32(40)43-5)28-14-15-29-27-13-12-24-19-26(17-18-35(24,3)30(27)20-31(39)36(28,29)4)45-34(42)44-21-23(2)37-33(41)38-25-9-7-6-8-10-25/h6-10,22-24,26-31,39H,11-21H2,1-5H3,(H2,37,38,41)/t22-,23+,24+,26+,27+,28-,29+,30+,31-,35+,36-/m1/s1. The minimum Gasteiger partial charge on any atom is -0.469 e. The van der Waals surface area contributed by atoms with Crippen LogP contribution in [0.4, 0.5) is 15.3 Å². The maximum Gasteiger partial charge on any atom is 0.508 e. The number of fused-ring (bicyclic) bond motifs is 5. The predicted molar refractivity (Wildman–Crippen MR) is 171 cm³/mol. The Morgan fingerprint density at radius 3 is 2.49 bits per heavy atom. The molecule has 3 N–H and O–H groups in total. The minimum absolute atomic E-state index is 0.0268. The van der Waals surface area contributed by atoms with Gasteiger partial charge in [-0.25, -0.2) is 9.59 Å². The van der Waals surface area contributed by atoms with Crippen molar-refractivity contribution in [3.63, 3.8) is 0 Å². The minimum atomic E-state index is -0.684. The van der Waals surface area contributed by atoms with E-state index >= 15 is 0 Å². The summed E-state index contributed by atoms with van der Waals surface area (Å²) in [6.45, 7) is 8.82. The molecule has 4 aliphatic carbocycles. The Bertz CT molecular complexity index is 1200. The largest absolute Gasteiger partial charge is 0.508 e. The van der Waals surface area contributed by atoms with E-state index in [1.54, 1.807) is 19.1 Å². The van der Waals surface area contributed by atoms with Gasteiger partial charge < -0.3 is 30.0 Å². The number of carbonyl (C=O) groups is 3. The van der Waals surface area contributed by atoms with Crippen molar-refractivity contribution in [2.75, 3.05) is 19.0 Å². The monoisotopic (exact) mass is 626 g/mol. The van der Waals surface area contributed by atoms with Crippen LogP contribution in [0.2, 0.25) is 0 Å². The molecule has 11 atom stereocenters. The fourth-order valence-electron chi connectivity index (χ4n) is 10.2. The average molecular weight is 627 g/mol. The first-order valence-corrected chi connectivity index (χ1v) is 17.2. The van der Waals surface area contributed by atoms with Crippen molar-refractivity contribution in [3.8, 4) is 0 Å². The molecule has 0 unspecified atom stereocenters. The number of aliphatic hydroxyl groups is 1. The molecule has 4 aliphatic rings. The number of hydrogen-bond acceptors (Lipinski definition) is 7. The highest BCUT2D eigenvalue weighted by molar-refractivity contribution is 5.89. The lowest BCUT2D eigenvalue weighted by atomic mass is 9.43. The molecule has 250 valence electrons. The van der Waals surface area contributed by atoms with Gasteiger partial charge in [-0.2, -0.15) is 0 Å². The zero-order chi connectivity index (χ0) is 32.4. The fourth-order valence-corrected chi connectivity index (χ4v) is 10.2. The molecule has 4 fully saturated rings. The van der Waals surface area contributed by atoms with Crippen LogP contribution in [0, 0.1) is 46.3 Å². The first-order valence-electron chi connectivity index (χ1n) is 17.2. The van der Waals surface area contributed by atoms with Crippen LogP contribution in [0.25, 0.3) is 0 Å². The molecule has 0 aromatic heterocycles. The summed E-state index contributed by atoms with van der Waals surface area (Å²) in [6.07, 6.45) is 8.03. The normalized spacial score (nSPS) is 36.7. The number of amides is 2. The van der Waals surface area contributed by atoms with Gasteiger partial charge in [-0.05, 0) is 123 Å². The third-order valence-electron chi connectivity index (χ3n) is 12.6. The topological polar surface area (TPSA) is 123 Å². The molecule has 0 aliphatic heterocycles. The van der Waals surface area contributed by atoms with Gasteiger partial charge in [0, 0.05) is 12.1 Å². The number of ether oxygens (including phenoxy) is 3. The maximum atomic E-state index is 12.6. The second kappa shape index (κ2) is 13.9. The highest BCUT2D eigenvalue weighted by Gasteiger charge is 2.63. The van der Waals surface area contributed by atoms with Crippen LogP contribution in [0.5, 0.6) is 0 Å². The Kier molecular flexibility index (Phi) is 10.4. The molecule has 1 aromatic rings. The van der Waals surface area contributed by atoms with E-state index in [1.807, 2.05) is 18.2 Å². The molecule has 2 amide bonds. The van der Waals surface area contributed by atoms with Crippen LogP contribution < -0.4 is 10.6 Å². The maximum absolute atomic E-state index is 12.6. The van der Waals surface area contributed by atoms with Crippen LogP contribution in [-0.4, -0.2) is 55.2 Å². The van der Waals surface area contributed by atoms with Crippen LogP contribution >= 0.6 is 0 Å². The lowest BCUT2D eigenvalue weighted by Crippen LogP contribution is -2.59. The summed E-state index contributed by atoms with van der Waals surface area (Å²) in [5.74, 6) is 2.65. The number of anilines is 1. The second-order valence-corrected chi connectivity index (χ2v) is 15.0. The third-order valence-corrected chi connectivity index (χ3v) is 12.6. The van der Waals surface area contributed by atoms with Crippen molar-refractivity contribution in [1.82, 2.24) is 5.32 Å². The lowest BCUT2D eigenvalue weighted by Gasteiger charge is -2.62. The number of methoxy groups -OCH3 is 1. The number of benzene rings is 1. The van der Waals surface area contributed by atoms with Gasteiger partial charge in [0.15, 0.2) is 0 Å². The summed E-state index contributed by atoms with van der Waals surface area (Å²) in [5.41, 5.74) is 0.693. The molecule has 0 heterocycles. The molecule has 5 rings (SSSR count). The number of nitrogens with one attached hydrogen (secondary N) is 2. The first-order chi connectivity index (χ1) is 21.4. The van der Waals surface area contributed by atoms with E-state index in [9.17, 15) is 19.5 Å². The van der Waals surface area contributed by atoms with Crippen molar-refractivity contribution in [1.29, 1.82) is 0 Å². The molecule has 45 heavy (non-hydrogen) atoms. The molecular weight excluding hydrogens is 572 g/mol. The van der Waals surface area contributed by atoms with Crippen molar-refractivity contribution in [3.05, 3.63) is 30.3 Å². The van der Waals surface area contributed by atoms with Gasteiger partial charge in [-0.1, -0.05) is 39.0 Å². The molecule has 0 radical (unpaired) electrons. The van der Waals surface area contributed by atoms with Crippen LogP contribution in [-0.2, 0) is 19.0 Å². The highest BCUT2D eigenvalue weighted by Crippen LogP contribution is 2.68. The van der Waals surface area contributed by atoms with Crippen molar-refractivity contribution < 1.29 is 33.7 Å². The van der Waals surface area contributed by atoms with E-state index in [4.69, 9.17) is 14.2 Å². The zero-order valence-electron chi connectivity index (χ0n) is 27.8. The molecule has 0 bridgehead atoms. The number of esters is 1. The summed E-state index contributed by atoms with van der Waals surface area (Å²) in [7, 11) is 1.45. The van der Waals surface area contributed by atoms with Gasteiger partial charge in [-0.3, -0.25) is 4.79 Å². The molecule has 1 aromatic carbocycles. The van der Waals surface area contributed by atoms with E-state index in [0.717, 1.165) is 57.8 Å². The Hall–Kier alpha value is -2.81. The number of hydrogen-bond donors (Lipinski definition) is 3. The highest BCUT2D eigenvalue weighted by atomic mass is 16.7. The summed E-state index contributed by atoms with van der Waals surface area (Å²) < 4.78 is 16.1. The number of urea groups is 1. The smallest absolute Gasteiger partial charge is 0.469 e. The van der Waals surface area contributed by atoms with Crippen molar-refractivity contribution in [2.24, 2.45) is 46.3 Å². The number of carbonyl (C=O) groups excluding carboxylic acids is 3. The van der Waals surface area contributed by atoms with Gasteiger partial charge in [0.2, 0.25) is 0 Å². The Morgan fingerprint density at radius 1 is 1.00 bits per heavy atom. The lowest BCUT2D eigenvalue weighted by molar-refractivity contribution is -0.176. The quantitative estimate of drug-likeness (QED) is 0.254. The molecule has 9 nitrogen and oxygen atoms in total. The average Bonchev–Trinajstić information content (AvgIpc) is 3.38. The van der Waals surface area contributed by atoms with Gasteiger partial charge in [0.25, 0.3) is 0 Å². The molecule has 0 spiro atoms. The molecule has 0 saturated heterocycles. The van der Waals surface area contributed by atoms with E-state index in [0.29, 0.717) is 47.6 Å². The van der Waals surface area contributed by atoms with Crippen LogP contribution in [0.1, 0.15) is 91.9 Å². The Labute approximate surface area is 268 Å². The molecule has 4 saturated carbocycles. The Balaban J connectivity index is 1.11. The number of aliphatic hydroxyl groups excluding tert-OH is 1. The van der Waals surface area contributed by atoms with E-state index in [2.05, 4.69) is 31.4 Å². The van der Waals surface area contributed by atoms with Crippen molar-refractivity contribution >= 4 is 23.8 Å². The third kappa shape index (κ3) is 6.98. The second-order valence-electron chi connectivity index (χ2n) is 15.0. The number of para-hydroxylation sites is 1. The zero-order valence-corrected chi connectivity index (χ0v) is 27.8. The molecule has 9 heteroatoms. The fraction of sp³-hybridized carbons (Fsp3) is 0.750. The predicted octanol–water partition coefficient (Wildman–Crippen LogP) is 6.94. The van der Waals surface area contributed by atoms with E-state index in [1.165, 1.54) is 7.11 Å². The van der Waals surface area contributed by atoms with E-state index < -0.39 is 6.16 Å². The summed E-state index contributed by atoms with van der Waals surface area (Å²) in [4.78, 5) is 36.7. The van der Waals surface area contributed by atoms with Crippen molar-refractivity contribution in [2.45, 2.75) is 110 Å². The van der Waals surface area contributed by atoms with E-state index in [-0.39, 0.29) is 47.7 Å². The van der Waals surface area contributed by atoms with Gasteiger partial charge >= 0.3 is 18.2 Å². The first kappa shape index (κ1) is 33.6. The van der Waals surface area contributed by atoms with Crippen LogP contribution in [0.3, 0.4) is 0 Å². The van der Waals surface area contributed by atoms with Gasteiger partial charge in [-0.15, -0.1) is 0 Å². The summed E-state index contributed by atoms with van der Waals surface area (Å²) in [5, 5.41) is 17.4. The van der Waals surface area contributed by atoms with Crippen LogP contribution in [0.15, 0.2) is 30.3 Å².